The normalized spacial score (nSPS) is 17.2. The molecule has 11 heteroatoms. The van der Waals surface area contributed by atoms with Gasteiger partial charge in [-0.15, -0.1) is 0 Å². The molecule has 28 heavy (non-hydrogen) atoms. The van der Waals surface area contributed by atoms with Gasteiger partial charge in [-0.05, 0) is 59.3 Å². The van der Waals surface area contributed by atoms with Crippen LogP contribution in [0.15, 0.2) is 10.2 Å². The van der Waals surface area contributed by atoms with Crippen LogP contribution in [0.5, 0.6) is 0 Å². The first-order valence-corrected chi connectivity index (χ1v) is 10.2. The zero-order valence-corrected chi connectivity index (χ0v) is 19.2. The van der Waals surface area contributed by atoms with E-state index in [0.29, 0.717) is 27.7 Å². The summed E-state index contributed by atoms with van der Waals surface area (Å²) in [6.07, 6.45) is 0. The molecule has 0 aliphatic carbocycles. The summed E-state index contributed by atoms with van der Waals surface area (Å²) in [6, 6.07) is 0.377. The lowest BCUT2D eigenvalue weighted by Crippen LogP contribution is -2.48. The summed E-state index contributed by atoms with van der Waals surface area (Å²) in [5.74, 6) is 0. The third-order valence-corrected chi connectivity index (χ3v) is 4.72. The molecule has 9 nitrogen and oxygen atoms in total. The average molecular weight is 431 g/mol. The summed E-state index contributed by atoms with van der Waals surface area (Å²) in [5.41, 5.74) is 7.11. The van der Waals surface area contributed by atoms with E-state index in [2.05, 4.69) is 48.4 Å². The number of rotatable bonds is 9. The van der Waals surface area contributed by atoms with Crippen molar-refractivity contribution in [3.05, 3.63) is 0 Å². The smallest absolute Gasteiger partial charge is 0.187 e. The topological polar surface area (TPSA) is 88.5 Å². The first kappa shape index (κ1) is 24.6. The number of nitrogens with zero attached hydrogens (tertiary/aromatic N) is 4. The molecule has 1 fully saturated rings. The van der Waals surface area contributed by atoms with Gasteiger partial charge in [0.25, 0.3) is 0 Å². The first-order chi connectivity index (χ1) is 13.3. The quantitative estimate of drug-likeness (QED) is 0.228. The minimum absolute atomic E-state index is 0.377. The third kappa shape index (κ3) is 10.8. The van der Waals surface area contributed by atoms with Crippen molar-refractivity contribution in [3.8, 4) is 0 Å². The van der Waals surface area contributed by atoms with E-state index < -0.39 is 0 Å². The maximum atomic E-state index is 5.38. The molecule has 0 aromatic carbocycles. The fourth-order valence-electron chi connectivity index (χ4n) is 2.29. The number of thiocarbonyl (C=S) groups is 2. The van der Waals surface area contributed by atoms with Gasteiger partial charge in [-0.1, -0.05) is 0 Å². The van der Waals surface area contributed by atoms with Gasteiger partial charge in [0.1, 0.15) is 0 Å². The Hall–Kier alpha value is -1.40. The van der Waals surface area contributed by atoms with Crippen molar-refractivity contribution < 1.29 is 4.74 Å². The Balaban J connectivity index is 2.30. The predicted molar refractivity (Wildman–Crippen MR) is 124 cm³/mol. The highest BCUT2D eigenvalue weighted by molar-refractivity contribution is 7.80. The number of morpholine rings is 1. The summed E-state index contributed by atoms with van der Waals surface area (Å²) in [4.78, 5) is 4.46. The number of ether oxygens (including phenoxy) is 1. The van der Waals surface area contributed by atoms with Crippen molar-refractivity contribution in [1.29, 1.82) is 0 Å². The number of hydrogen-bond donors (Lipinski definition) is 4. The number of likely N-dealkylation sites (N-methyl/N-ethyl adjacent to an activating group) is 1. The zero-order chi connectivity index (χ0) is 20.9. The fourth-order valence-corrected chi connectivity index (χ4v) is 2.57. The lowest BCUT2D eigenvalue weighted by molar-refractivity contribution is 0.0212. The summed E-state index contributed by atoms with van der Waals surface area (Å²) >= 11 is 10.5. The van der Waals surface area contributed by atoms with E-state index in [9.17, 15) is 0 Å². The van der Waals surface area contributed by atoms with Gasteiger partial charge in [-0.2, -0.15) is 10.2 Å². The molecular formula is C17H34N8OS2. The molecule has 0 bridgehead atoms. The monoisotopic (exact) mass is 430 g/mol. The fraction of sp³-hybridized carbons (Fsp3) is 0.765. The molecule has 0 spiro atoms. The summed E-state index contributed by atoms with van der Waals surface area (Å²) < 4.78 is 5.38. The van der Waals surface area contributed by atoms with E-state index >= 15 is 0 Å². The molecule has 1 saturated heterocycles. The summed E-state index contributed by atoms with van der Waals surface area (Å²) in [5, 5.41) is 15.8. The van der Waals surface area contributed by atoms with Gasteiger partial charge < -0.3 is 20.3 Å². The Bertz CT molecular complexity index is 561. The van der Waals surface area contributed by atoms with E-state index in [-0.39, 0.29) is 0 Å². The van der Waals surface area contributed by atoms with E-state index in [1.807, 2.05) is 27.9 Å². The van der Waals surface area contributed by atoms with Crippen LogP contribution in [-0.2, 0) is 4.74 Å². The second-order valence-electron chi connectivity index (χ2n) is 6.88. The van der Waals surface area contributed by atoms with Crippen molar-refractivity contribution >= 4 is 46.1 Å². The van der Waals surface area contributed by atoms with Gasteiger partial charge in [-0.25, -0.2) is 0 Å². The maximum Gasteiger partial charge on any atom is 0.187 e. The molecule has 0 amide bonds. The molecule has 1 heterocycles. The predicted octanol–water partition coefficient (Wildman–Crippen LogP) is -0.0513. The second-order valence-corrected chi connectivity index (χ2v) is 7.70. The standard InChI is InChI=1S/C17H34N8OS2/c1-13(25-8-10-26-11-9-25)12-19-17(28)23-21-15(3)14(2)20-22-16(27)18-6-7-24(4)5/h13H,6-12H2,1-5H3,(H2,18,22,27)(H2,19,23,28)/b20-14+,21-15+. The van der Waals surface area contributed by atoms with Crippen LogP contribution < -0.4 is 21.5 Å². The lowest BCUT2D eigenvalue weighted by Gasteiger charge is -2.32. The van der Waals surface area contributed by atoms with Crippen molar-refractivity contribution in [3.63, 3.8) is 0 Å². The zero-order valence-electron chi connectivity index (χ0n) is 17.5. The minimum atomic E-state index is 0.377. The summed E-state index contributed by atoms with van der Waals surface area (Å²) in [6.45, 7) is 11.8. The van der Waals surface area contributed by atoms with Crippen molar-refractivity contribution in [2.75, 3.05) is 60.0 Å². The Morgan fingerprint density at radius 1 is 1.04 bits per heavy atom. The van der Waals surface area contributed by atoms with Gasteiger partial charge in [0, 0.05) is 38.8 Å². The van der Waals surface area contributed by atoms with Crippen LogP contribution >= 0.6 is 24.4 Å². The highest BCUT2D eigenvalue weighted by atomic mass is 32.1. The van der Waals surface area contributed by atoms with E-state index in [0.717, 1.165) is 45.9 Å². The van der Waals surface area contributed by atoms with Crippen molar-refractivity contribution in [2.45, 2.75) is 26.8 Å². The Labute approximate surface area is 179 Å². The van der Waals surface area contributed by atoms with E-state index in [1.165, 1.54) is 0 Å². The largest absolute Gasteiger partial charge is 0.379 e. The second kappa shape index (κ2) is 13.7. The molecule has 1 aliphatic rings. The Morgan fingerprint density at radius 2 is 1.57 bits per heavy atom. The molecule has 1 aliphatic heterocycles. The number of nitrogens with one attached hydrogen (secondary N) is 4. The molecule has 1 rings (SSSR count). The molecule has 0 aromatic rings. The van der Waals surface area contributed by atoms with Crippen LogP contribution in [0, 0.1) is 0 Å². The van der Waals surface area contributed by atoms with Crippen molar-refractivity contribution in [1.82, 2.24) is 31.3 Å². The molecule has 0 saturated carbocycles. The molecule has 0 aromatic heterocycles. The molecule has 1 unspecified atom stereocenters. The highest BCUT2D eigenvalue weighted by Crippen LogP contribution is 2.02. The maximum absolute atomic E-state index is 5.38. The minimum Gasteiger partial charge on any atom is -0.379 e. The van der Waals surface area contributed by atoms with Gasteiger partial charge in [-0.3, -0.25) is 15.8 Å². The van der Waals surface area contributed by atoms with Gasteiger partial charge in [0.2, 0.25) is 0 Å². The highest BCUT2D eigenvalue weighted by Gasteiger charge is 2.16. The molecule has 1 atom stereocenters. The number of hydrogen-bond acceptors (Lipinski definition) is 7. The average Bonchev–Trinajstić information content (AvgIpc) is 2.68. The van der Waals surface area contributed by atoms with Gasteiger partial charge in [0.15, 0.2) is 10.2 Å². The van der Waals surface area contributed by atoms with Crippen molar-refractivity contribution in [2.24, 2.45) is 10.2 Å². The SMILES string of the molecule is CC(=N\NC(=S)NCCN(C)C)/C(C)=N/NC(=S)NCC(C)N1CCOCC1. The van der Waals surface area contributed by atoms with Crippen LogP contribution in [0.2, 0.25) is 0 Å². The van der Waals surface area contributed by atoms with Crippen LogP contribution in [0.4, 0.5) is 0 Å². The first-order valence-electron chi connectivity index (χ1n) is 9.42. The molecule has 0 radical (unpaired) electrons. The van der Waals surface area contributed by atoms with Crippen LogP contribution in [0.25, 0.3) is 0 Å². The van der Waals surface area contributed by atoms with Crippen LogP contribution in [0.3, 0.4) is 0 Å². The summed E-state index contributed by atoms with van der Waals surface area (Å²) in [7, 11) is 4.02. The van der Waals surface area contributed by atoms with Gasteiger partial charge >= 0.3 is 0 Å². The lowest BCUT2D eigenvalue weighted by atomic mass is 10.2. The third-order valence-electron chi connectivity index (χ3n) is 4.25. The van der Waals surface area contributed by atoms with Crippen LogP contribution in [-0.4, -0.2) is 97.5 Å². The van der Waals surface area contributed by atoms with Gasteiger partial charge in [0.05, 0.1) is 24.6 Å². The molecular weight excluding hydrogens is 396 g/mol. The molecule has 4 N–H and O–H groups in total. The number of hydrazone groups is 2. The Morgan fingerprint density at radius 3 is 2.11 bits per heavy atom. The van der Waals surface area contributed by atoms with E-state index in [4.69, 9.17) is 29.2 Å². The molecule has 160 valence electrons. The van der Waals surface area contributed by atoms with E-state index in [1.54, 1.807) is 0 Å². The Kier molecular flexibility index (Phi) is 12.1. The van der Waals surface area contributed by atoms with Crippen LogP contribution in [0.1, 0.15) is 20.8 Å².